The molecule has 0 saturated heterocycles. The summed E-state index contributed by atoms with van der Waals surface area (Å²) in [6, 6.07) is 6.18. The zero-order valence-corrected chi connectivity index (χ0v) is 10.7. The topological polar surface area (TPSA) is 108 Å². The highest BCUT2D eigenvalue weighted by Gasteiger charge is 2.33. The number of hydrogen-bond donors (Lipinski definition) is 1. The number of methoxy groups -OCH3 is 1. The molecule has 19 heavy (non-hydrogen) atoms. The molecular formula is C11H10N2O5S. The van der Waals surface area contributed by atoms with E-state index in [1.807, 2.05) is 0 Å². The number of hydrogen-bond acceptors (Lipinski definition) is 6. The van der Waals surface area contributed by atoms with Crippen LogP contribution in [-0.4, -0.2) is 27.7 Å². The lowest BCUT2D eigenvalue weighted by Crippen LogP contribution is -2.19. The minimum absolute atomic E-state index is 0.145. The fraction of sp³-hybridized carbons (Fsp3) is 0.0909. The molecule has 1 aromatic rings. The molecule has 0 aromatic heterocycles. The molecule has 2 N–H and O–H groups in total. The normalized spacial score (nSPS) is 16.5. The monoisotopic (exact) mass is 282 g/mol. The number of nitrogens with two attached hydrogens (primary N) is 1. The summed E-state index contributed by atoms with van der Waals surface area (Å²) in [7, 11) is -2.60. The summed E-state index contributed by atoms with van der Waals surface area (Å²) in [6.07, 6.45) is 0.900. The predicted octanol–water partition coefficient (Wildman–Crippen LogP) is 0.185. The molecule has 0 amide bonds. The quantitative estimate of drug-likeness (QED) is 0.626. The van der Waals surface area contributed by atoms with Gasteiger partial charge in [0, 0.05) is 6.07 Å². The molecule has 1 aliphatic heterocycles. The molecule has 0 radical (unpaired) electrons. The molecule has 7 nitrogen and oxygen atoms in total. The molecule has 1 aromatic carbocycles. The highest BCUT2D eigenvalue weighted by molar-refractivity contribution is 7.95. The van der Waals surface area contributed by atoms with Crippen molar-refractivity contribution in [2.75, 3.05) is 7.11 Å². The average molecular weight is 282 g/mol. The number of esters is 1. The van der Waals surface area contributed by atoms with Gasteiger partial charge in [0.15, 0.2) is 4.91 Å². The van der Waals surface area contributed by atoms with Crippen LogP contribution in [0.4, 0.5) is 0 Å². The van der Waals surface area contributed by atoms with Gasteiger partial charge in [-0.25, -0.2) is 4.79 Å². The molecule has 0 unspecified atom stereocenters. The van der Waals surface area contributed by atoms with Gasteiger partial charge in [0.25, 0.3) is 10.0 Å². The van der Waals surface area contributed by atoms with E-state index in [0.29, 0.717) is 5.75 Å². The first-order chi connectivity index (χ1) is 8.94. The van der Waals surface area contributed by atoms with Gasteiger partial charge >= 0.3 is 5.97 Å². The van der Waals surface area contributed by atoms with E-state index >= 15 is 0 Å². The Kier molecular flexibility index (Phi) is 3.26. The van der Waals surface area contributed by atoms with Crippen LogP contribution < -0.4 is 15.2 Å². The molecule has 1 heterocycles. The Balaban J connectivity index is 2.25. The molecule has 0 spiro atoms. The zero-order valence-electron chi connectivity index (χ0n) is 9.86. The van der Waals surface area contributed by atoms with Gasteiger partial charge in [0.2, 0.25) is 0 Å². The standard InChI is InChI=1S/C11H10N2O5S/c1-17-7-3-2-4-8(5-7)18-11(14)10-9(12)6-13-19(10,15)16/h2-6H,12H2,1H3. The molecule has 0 bridgehead atoms. The lowest BCUT2D eigenvalue weighted by molar-refractivity contribution is -0.129. The maximum Gasteiger partial charge on any atom is 0.359 e. The fourth-order valence-corrected chi connectivity index (χ4v) is 2.39. The van der Waals surface area contributed by atoms with E-state index in [-0.39, 0.29) is 11.4 Å². The first-order valence-corrected chi connectivity index (χ1v) is 6.54. The molecule has 0 atom stereocenters. The van der Waals surface area contributed by atoms with Gasteiger partial charge in [0.05, 0.1) is 19.0 Å². The van der Waals surface area contributed by atoms with Crippen molar-refractivity contribution in [3.05, 3.63) is 34.9 Å². The second kappa shape index (κ2) is 4.73. The van der Waals surface area contributed by atoms with Crippen molar-refractivity contribution in [1.29, 1.82) is 0 Å². The summed E-state index contributed by atoms with van der Waals surface area (Å²) in [6.45, 7) is 0. The summed E-state index contributed by atoms with van der Waals surface area (Å²) >= 11 is 0. The first kappa shape index (κ1) is 13.1. The molecule has 0 fully saturated rings. The van der Waals surface area contributed by atoms with Crippen molar-refractivity contribution in [2.24, 2.45) is 10.1 Å². The van der Waals surface area contributed by atoms with E-state index in [1.165, 1.54) is 19.2 Å². The maximum absolute atomic E-state index is 11.8. The van der Waals surface area contributed by atoms with Crippen LogP contribution in [0, 0.1) is 0 Å². The van der Waals surface area contributed by atoms with Gasteiger partial charge in [-0.05, 0) is 12.1 Å². The van der Waals surface area contributed by atoms with Crippen LogP contribution >= 0.6 is 0 Å². The van der Waals surface area contributed by atoms with Crippen molar-refractivity contribution < 1.29 is 22.7 Å². The van der Waals surface area contributed by atoms with Crippen LogP contribution in [0.1, 0.15) is 0 Å². The second-order valence-electron chi connectivity index (χ2n) is 3.56. The summed E-state index contributed by atoms with van der Waals surface area (Å²) in [5, 5.41) is 0. The number of carbonyl (C=O) groups is 1. The Labute approximate surface area is 109 Å². The summed E-state index contributed by atoms with van der Waals surface area (Å²) in [5.74, 6) is -0.465. The predicted molar refractivity (Wildman–Crippen MR) is 67.3 cm³/mol. The number of carbonyl (C=O) groups excluding carboxylic acids is 1. The van der Waals surface area contributed by atoms with E-state index in [0.717, 1.165) is 6.21 Å². The zero-order chi connectivity index (χ0) is 14.0. The van der Waals surface area contributed by atoms with Crippen LogP contribution in [0.3, 0.4) is 0 Å². The van der Waals surface area contributed by atoms with E-state index in [2.05, 4.69) is 4.40 Å². The lowest BCUT2D eigenvalue weighted by Gasteiger charge is -2.06. The highest BCUT2D eigenvalue weighted by atomic mass is 32.2. The Morgan fingerprint density at radius 1 is 1.32 bits per heavy atom. The Hall–Kier alpha value is -2.35. The molecule has 8 heteroatoms. The van der Waals surface area contributed by atoms with Crippen LogP contribution in [0.5, 0.6) is 11.5 Å². The molecule has 1 aliphatic rings. The van der Waals surface area contributed by atoms with Crippen molar-refractivity contribution in [1.82, 2.24) is 0 Å². The van der Waals surface area contributed by atoms with Gasteiger partial charge in [-0.3, -0.25) is 0 Å². The number of nitrogens with zero attached hydrogens (tertiary/aromatic N) is 1. The number of ether oxygens (including phenoxy) is 2. The smallest absolute Gasteiger partial charge is 0.359 e. The van der Waals surface area contributed by atoms with Gasteiger partial charge in [-0.2, -0.15) is 12.8 Å². The molecule has 100 valence electrons. The Bertz CT molecular complexity index is 691. The third-order valence-electron chi connectivity index (χ3n) is 2.29. The summed E-state index contributed by atoms with van der Waals surface area (Å²) in [5.41, 5.74) is 5.15. The number of allylic oxidation sites excluding steroid dienone is 1. The van der Waals surface area contributed by atoms with Crippen molar-refractivity contribution in [3.63, 3.8) is 0 Å². The highest BCUT2D eigenvalue weighted by Crippen LogP contribution is 2.23. The fourth-order valence-electron chi connectivity index (χ4n) is 1.43. The van der Waals surface area contributed by atoms with Crippen molar-refractivity contribution in [3.8, 4) is 11.5 Å². The number of benzene rings is 1. The third kappa shape index (κ3) is 2.58. The minimum atomic E-state index is -4.05. The van der Waals surface area contributed by atoms with Crippen molar-refractivity contribution in [2.45, 2.75) is 0 Å². The van der Waals surface area contributed by atoms with E-state index in [9.17, 15) is 13.2 Å². The average Bonchev–Trinajstić information content (AvgIpc) is 2.63. The van der Waals surface area contributed by atoms with Crippen molar-refractivity contribution >= 4 is 22.2 Å². The third-order valence-corrected chi connectivity index (χ3v) is 3.59. The second-order valence-corrected chi connectivity index (χ2v) is 5.13. The van der Waals surface area contributed by atoms with E-state index in [4.69, 9.17) is 15.2 Å². The molecule has 2 rings (SSSR count). The Morgan fingerprint density at radius 2 is 2.00 bits per heavy atom. The van der Waals surface area contributed by atoms with Crippen LogP contribution in [-0.2, 0) is 14.8 Å². The summed E-state index contributed by atoms with van der Waals surface area (Å²) in [4.78, 5) is 11.1. The Morgan fingerprint density at radius 3 is 2.58 bits per heavy atom. The molecule has 0 saturated carbocycles. The van der Waals surface area contributed by atoms with E-state index < -0.39 is 20.9 Å². The van der Waals surface area contributed by atoms with Crippen LogP contribution in [0.2, 0.25) is 0 Å². The first-order valence-electron chi connectivity index (χ1n) is 5.10. The minimum Gasteiger partial charge on any atom is -0.497 e. The number of rotatable bonds is 3. The van der Waals surface area contributed by atoms with Crippen LogP contribution in [0.15, 0.2) is 39.3 Å². The number of sulfonamides is 1. The van der Waals surface area contributed by atoms with Gasteiger partial charge in [0.1, 0.15) is 11.5 Å². The maximum atomic E-state index is 11.8. The van der Waals surface area contributed by atoms with Gasteiger partial charge in [-0.15, -0.1) is 0 Å². The van der Waals surface area contributed by atoms with Crippen LogP contribution in [0.25, 0.3) is 0 Å². The molecular weight excluding hydrogens is 272 g/mol. The molecule has 0 aliphatic carbocycles. The SMILES string of the molecule is COc1cccc(OC(=O)C2=C(N)C=NS2(=O)=O)c1. The lowest BCUT2D eigenvalue weighted by atomic mass is 10.3. The van der Waals surface area contributed by atoms with Gasteiger partial charge < -0.3 is 15.2 Å². The summed E-state index contributed by atoms with van der Waals surface area (Å²) < 4.78 is 36.0. The largest absolute Gasteiger partial charge is 0.497 e. The van der Waals surface area contributed by atoms with E-state index in [1.54, 1.807) is 12.1 Å². The van der Waals surface area contributed by atoms with Gasteiger partial charge in [-0.1, -0.05) is 6.07 Å².